The highest BCUT2D eigenvalue weighted by atomic mass is 32.1. The highest BCUT2D eigenvalue weighted by molar-refractivity contribution is 7.17. The zero-order chi connectivity index (χ0) is 19.6. The fourth-order valence-corrected chi connectivity index (χ4v) is 4.22. The lowest BCUT2D eigenvalue weighted by Crippen LogP contribution is -2.44. The second kappa shape index (κ2) is 8.13. The average molecular weight is 382 g/mol. The third kappa shape index (κ3) is 4.16. The Morgan fingerprint density at radius 3 is 2.30 bits per heavy atom. The minimum Gasteiger partial charge on any atom is -0.461 e. The number of carbonyl (C=O) groups is 1. The van der Waals surface area contributed by atoms with Crippen LogP contribution in [0.15, 0.2) is 53.9 Å². The summed E-state index contributed by atoms with van der Waals surface area (Å²) >= 11 is 1.70. The predicted molar refractivity (Wildman–Crippen MR) is 115 cm³/mol. The van der Waals surface area contributed by atoms with E-state index < -0.39 is 6.04 Å². The summed E-state index contributed by atoms with van der Waals surface area (Å²) < 4.78 is 6.85. The number of nitrogens with zero attached hydrogens (tertiary/aromatic N) is 1. The number of aryl methyl sites for hydroxylation is 1. The van der Waals surface area contributed by atoms with E-state index in [2.05, 4.69) is 67.4 Å². The zero-order valence-corrected chi connectivity index (χ0v) is 17.4. The number of rotatable bonds is 6. The van der Waals surface area contributed by atoms with Gasteiger partial charge in [-0.25, -0.2) is 4.79 Å². The third-order valence-electron chi connectivity index (χ3n) is 4.54. The van der Waals surface area contributed by atoms with Gasteiger partial charge in [0.1, 0.15) is 6.04 Å². The van der Waals surface area contributed by atoms with Gasteiger partial charge in [0.25, 0.3) is 0 Å². The summed E-state index contributed by atoms with van der Waals surface area (Å²) in [6.07, 6.45) is -0.141. The highest BCUT2D eigenvalue weighted by Crippen LogP contribution is 2.39. The molecule has 0 amide bonds. The molecule has 0 bridgehead atoms. The third-order valence-corrected chi connectivity index (χ3v) is 5.49. The highest BCUT2D eigenvalue weighted by Gasteiger charge is 2.33. The van der Waals surface area contributed by atoms with Gasteiger partial charge in [0.15, 0.2) is 0 Å². The van der Waals surface area contributed by atoms with Crippen molar-refractivity contribution in [2.24, 2.45) is 5.92 Å². The van der Waals surface area contributed by atoms with E-state index in [1.54, 1.807) is 11.3 Å². The lowest BCUT2D eigenvalue weighted by atomic mass is 10.00. The van der Waals surface area contributed by atoms with Crippen LogP contribution in [-0.2, 0) is 9.53 Å². The Hall–Kier alpha value is -2.33. The van der Waals surface area contributed by atoms with Gasteiger partial charge >= 0.3 is 5.97 Å². The minimum absolute atomic E-state index is 0.0937. The smallest absolute Gasteiger partial charge is 0.329 e. The maximum Gasteiger partial charge on any atom is 0.329 e. The Labute approximate surface area is 165 Å². The molecule has 142 valence electrons. The van der Waals surface area contributed by atoms with E-state index in [9.17, 15) is 4.79 Å². The molecule has 0 aliphatic carbocycles. The monoisotopic (exact) mass is 381 g/mol. The van der Waals surface area contributed by atoms with Gasteiger partial charge in [-0.15, -0.1) is 11.3 Å². The number of ether oxygens (including phenoxy) is 1. The van der Waals surface area contributed by atoms with Crippen LogP contribution in [0.5, 0.6) is 0 Å². The number of hydrogen-bond donors (Lipinski definition) is 0. The van der Waals surface area contributed by atoms with Gasteiger partial charge in [0.05, 0.1) is 11.8 Å². The fourth-order valence-electron chi connectivity index (χ4n) is 3.28. The SMILES string of the molecule is Cc1ccc(N(c2csc3ccccc23)C(C(=O)OC(C)C)C(C)C)cc1. The van der Waals surface area contributed by atoms with Crippen LogP contribution >= 0.6 is 11.3 Å². The van der Waals surface area contributed by atoms with Crippen LogP contribution in [0.1, 0.15) is 33.3 Å². The largest absolute Gasteiger partial charge is 0.461 e. The Morgan fingerprint density at radius 1 is 1.00 bits per heavy atom. The van der Waals surface area contributed by atoms with Crippen LogP contribution in [0.3, 0.4) is 0 Å². The topological polar surface area (TPSA) is 29.5 Å². The van der Waals surface area contributed by atoms with E-state index >= 15 is 0 Å². The number of anilines is 2. The summed E-state index contributed by atoms with van der Waals surface area (Å²) in [7, 11) is 0. The number of carbonyl (C=O) groups excluding carboxylic acids is 1. The van der Waals surface area contributed by atoms with Gasteiger partial charge < -0.3 is 9.64 Å². The minimum atomic E-state index is -0.395. The van der Waals surface area contributed by atoms with Gasteiger partial charge in [-0.05, 0) is 44.9 Å². The second-order valence-electron chi connectivity index (χ2n) is 7.50. The van der Waals surface area contributed by atoms with Crippen molar-refractivity contribution in [2.75, 3.05) is 4.90 Å². The van der Waals surface area contributed by atoms with Crippen LogP contribution < -0.4 is 4.90 Å². The number of benzene rings is 2. The van der Waals surface area contributed by atoms with Gasteiger partial charge in [-0.1, -0.05) is 49.7 Å². The molecule has 0 saturated carbocycles. The molecule has 27 heavy (non-hydrogen) atoms. The van der Waals surface area contributed by atoms with Crippen molar-refractivity contribution >= 4 is 38.8 Å². The van der Waals surface area contributed by atoms with Crippen molar-refractivity contribution in [1.82, 2.24) is 0 Å². The second-order valence-corrected chi connectivity index (χ2v) is 8.41. The Morgan fingerprint density at radius 2 is 1.67 bits per heavy atom. The van der Waals surface area contributed by atoms with Crippen LogP contribution in [-0.4, -0.2) is 18.1 Å². The lowest BCUT2D eigenvalue weighted by Gasteiger charge is -2.35. The number of esters is 1. The first kappa shape index (κ1) is 19.4. The van der Waals surface area contributed by atoms with E-state index in [1.807, 2.05) is 26.0 Å². The summed E-state index contributed by atoms with van der Waals surface area (Å²) in [6, 6.07) is 16.3. The Balaban J connectivity index is 2.17. The van der Waals surface area contributed by atoms with Crippen molar-refractivity contribution in [3.05, 3.63) is 59.5 Å². The van der Waals surface area contributed by atoms with E-state index in [4.69, 9.17) is 4.74 Å². The van der Waals surface area contributed by atoms with Gasteiger partial charge in [0, 0.05) is 21.2 Å². The van der Waals surface area contributed by atoms with Crippen molar-refractivity contribution in [3.8, 4) is 0 Å². The molecule has 0 N–H and O–H groups in total. The summed E-state index contributed by atoms with van der Waals surface area (Å²) in [5.74, 6) is -0.0907. The summed E-state index contributed by atoms with van der Waals surface area (Å²) in [5, 5.41) is 3.30. The lowest BCUT2D eigenvalue weighted by molar-refractivity contribution is -0.149. The molecular weight excluding hydrogens is 354 g/mol. The van der Waals surface area contributed by atoms with Crippen molar-refractivity contribution in [2.45, 2.75) is 46.8 Å². The molecule has 0 aliphatic rings. The number of fused-ring (bicyclic) bond motifs is 1. The molecule has 1 atom stereocenters. The van der Waals surface area contributed by atoms with Crippen molar-refractivity contribution in [1.29, 1.82) is 0 Å². The molecule has 1 heterocycles. The fraction of sp³-hybridized carbons (Fsp3) is 0.348. The molecule has 3 nitrogen and oxygen atoms in total. The van der Waals surface area contributed by atoms with Gasteiger partial charge in [-0.3, -0.25) is 0 Å². The predicted octanol–water partition coefficient (Wildman–Crippen LogP) is 6.32. The molecule has 2 aromatic carbocycles. The first-order valence-corrected chi connectivity index (χ1v) is 10.3. The number of hydrogen-bond acceptors (Lipinski definition) is 4. The molecule has 0 saturated heterocycles. The van der Waals surface area contributed by atoms with Gasteiger partial charge in [-0.2, -0.15) is 0 Å². The number of thiophene rings is 1. The maximum atomic E-state index is 13.0. The molecule has 1 aromatic heterocycles. The molecule has 0 spiro atoms. The van der Waals surface area contributed by atoms with Gasteiger partial charge in [0.2, 0.25) is 0 Å². The first-order valence-electron chi connectivity index (χ1n) is 9.41. The Kier molecular flexibility index (Phi) is 5.85. The Bertz CT molecular complexity index is 912. The molecule has 0 fully saturated rings. The van der Waals surface area contributed by atoms with E-state index in [0.29, 0.717) is 0 Å². The summed E-state index contributed by atoms with van der Waals surface area (Å²) in [5.41, 5.74) is 3.25. The summed E-state index contributed by atoms with van der Waals surface area (Å²) in [6.45, 7) is 10.0. The quantitative estimate of drug-likeness (QED) is 0.468. The molecule has 4 heteroatoms. The van der Waals surface area contributed by atoms with Crippen LogP contribution in [0.2, 0.25) is 0 Å². The zero-order valence-electron chi connectivity index (χ0n) is 16.6. The average Bonchev–Trinajstić information content (AvgIpc) is 3.03. The summed E-state index contributed by atoms with van der Waals surface area (Å²) in [4.78, 5) is 15.2. The van der Waals surface area contributed by atoms with Crippen LogP contribution in [0.25, 0.3) is 10.1 Å². The molecule has 3 aromatic rings. The molecular formula is C23H27NO2S. The molecule has 0 aliphatic heterocycles. The van der Waals surface area contributed by atoms with Crippen LogP contribution in [0, 0.1) is 12.8 Å². The van der Waals surface area contributed by atoms with E-state index in [1.165, 1.54) is 10.3 Å². The van der Waals surface area contributed by atoms with Crippen molar-refractivity contribution in [3.63, 3.8) is 0 Å². The van der Waals surface area contributed by atoms with Crippen molar-refractivity contribution < 1.29 is 9.53 Å². The normalized spacial score (nSPS) is 12.6. The first-order chi connectivity index (χ1) is 12.9. The molecule has 1 unspecified atom stereocenters. The van der Waals surface area contributed by atoms with E-state index in [0.717, 1.165) is 16.8 Å². The molecule has 0 radical (unpaired) electrons. The standard InChI is InChI=1S/C23H27NO2S/c1-15(2)22(23(25)26-16(3)4)24(18-12-10-17(5)11-13-18)20-14-27-21-9-7-6-8-19(20)21/h6-16,22H,1-5H3. The molecule has 3 rings (SSSR count). The van der Waals surface area contributed by atoms with Crippen LogP contribution in [0.4, 0.5) is 11.4 Å². The maximum absolute atomic E-state index is 13.0. The van der Waals surface area contributed by atoms with E-state index in [-0.39, 0.29) is 18.0 Å².